The maximum absolute atomic E-state index is 6.07. The van der Waals surface area contributed by atoms with E-state index < -0.39 is 0 Å². The van der Waals surface area contributed by atoms with E-state index in [-0.39, 0.29) is 6.10 Å². The van der Waals surface area contributed by atoms with E-state index in [9.17, 15) is 0 Å². The predicted octanol–water partition coefficient (Wildman–Crippen LogP) is 3.57. The minimum Gasteiger partial charge on any atom is -0.465 e. The summed E-state index contributed by atoms with van der Waals surface area (Å²) in [5.74, 6) is 2.07. The van der Waals surface area contributed by atoms with Gasteiger partial charge in [0, 0.05) is 12.4 Å². The lowest BCUT2D eigenvalue weighted by Gasteiger charge is -2.38. The summed E-state index contributed by atoms with van der Waals surface area (Å²) in [7, 11) is 0. The van der Waals surface area contributed by atoms with Crippen LogP contribution in [0.5, 0.6) is 0 Å². The molecule has 2 aromatic rings. The molecule has 0 amide bonds. The molecule has 5 nitrogen and oxygen atoms in total. The molecule has 2 fully saturated rings. The van der Waals surface area contributed by atoms with Gasteiger partial charge in [-0.1, -0.05) is 0 Å². The maximum atomic E-state index is 6.07. The highest BCUT2D eigenvalue weighted by atomic mass is 16.5. The van der Waals surface area contributed by atoms with Crippen LogP contribution >= 0.6 is 0 Å². The van der Waals surface area contributed by atoms with Crippen LogP contribution in [0, 0.1) is 12.3 Å². The summed E-state index contributed by atoms with van der Waals surface area (Å²) in [4.78, 5) is 6.53. The molecule has 5 heteroatoms. The summed E-state index contributed by atoms with van der Waals surface area (Å²) in [5, 5.41) is 0. The van der Waals surface area contributed by atoms with Gasteiger partial charge < -0.3 is 13.9 Å². The largest absolute Gasteiger partial charge is 0.465 e. The molecule has 0 radical (unpaired) electrons. The normalized spacial score (nSPS) is 22.9. The molecule has 140 valence electrons. The van der Waals surface area contributed by atoms with Gasteiger partial charge in [0.05, 0.1) is 32.5 Å². The van der Waals surface area contributed by atoms with E-state index >= 15 is 0 Å². The molecule has 4 heterocycles. The molecule has 0 aromatic carbocycles. The van der Waals surface area contributed by atoms with Crippen molar-refractivity contribution in [2.75, 3.05) is 26.3 Å². The second-order valence-corrected chi connectivity index (χ2v) is 7.80. The standard InChI is InChI=1S/C21H28N2O3/c1-17-2-3-19(26-17)13-23-10-6-21(7-11-23)12-20(25-16-21)15-24-14-18-4-8-22-9-5-18/h2-5,8-9,20H,6-7,10-16H2,1H3/t20-/m0/s1. The van der Waals surface area contributed by atoms with Crippen molar-refractivity contribution in [2.45, 2.75) is 45.4 Å². The minimum absolute atomic E-state index is 0.233. The molecule has 2 aliphatic heterocycles. The summed E-state index contributed by atoms with van der Waals surface area (Å²) < 4.78 is 17.6. The van der Waals surface area contributed by atoms with Gasteiger partial charge in [0.2, 0.25) is 0 Å². The van der Waals surface area contributed by atoms with E-state index in [4.69, 9.17) is 13.9 Å². The third kappa shape index (κ3) is 4.34. The van der Waals surface area contributed by atoms with Gasteiger partial charge in [0.1, 0.15) is 11.5 Å². The Hall–Kier alpha value is -1.69. The van der Waals surface area contributed by atoms with Crippen molar-refractivity contribution in [1.29, 1.82) is 0 Å². The fraction of sp³-hybridized carbons (Fsp3) is 0.571. The van der Waals surface area contributed by atoms with Crippen LogP contribution in [-0.2, 0) is 22.6 Å². The first kappa shape index (κ1) is 17.7. The number of pyridine rings is 1. The van der Waals surface area contributed by atoms with Crippen LogP contribution in [0.3, 0.4) is 0 Å². The molecule has 2 aromatic heterocycles. The van der Waals surface area contributed by atoms with Gasteiger partial charge in [-0.2, -0.15) is 0 Å². The van der Waals surface area contributed by atoms with Crippen LogP contribution in [0.15, 0.2) is 41.1 Å². The number of furan rings is 1. The van der Waals surface area contributed by atoms with E-state index in [1.54, 1.807) is 12.4 Å². The maximum Gasteiger partial charge on any atom is 0.118 e. The van der Waals surface area contributed by atoms with Gasteiger partial charge in [0.15, 0.2) is 0 Å². The van der Waals surface area contributed by atoms with Crippen molar-refractivity contribution < 1.29 is 13.9 Å². The number of piperidine rings is 1. The van der Waals surface area contributed by atoms with Crippen molar-refractivity contribution in [1.82, 2.24) is 9.88 Å². The van der Waals surface area contributed by atoms with E-state index in [1.165, 1.54) is 12.8 Å². The van der Waals surface area contributed by atoms with Gasteiger partial charge >= 0.3 is 0 Å². The van der Waals surface area contributed by atoms with Crippen LogP contribution in [0.2, 0.25) is 0 Å². The lowest BCUT2D eigenvalue weighted by Crippen LogP contribution is -2.40. The van der Waals surface area contributed by atoms with Gasteiger partial charge in [-0.25, -0.2) is 0 Å². The van der Waals surface area contributed by atoms with E-state index in [0.29, 0.717) is 18.6 Å². The Morgan fingerprint density at radius 2 is 2.00 bits per heavy atom. The Morgan fingerprint density at radius 3 is 2.73 bits per heavy atom. The first-order valence-corrected chi connectivity index (χ1v) is 9.57. The molecule has 26 heavy (non-hydrogen) atoms. The van der Waals surface area contributed by atoms with Crippen LogP contribution in [0.4, 0.5) is 0 Å². The number of hydrogen-bond donors (Lipinski definition) is 0. The lowest BCUT2D eigenvalue weighted by atomic mass is 9.76. The zero-order valence-electron chi connectivity index (χ0n) is 15.5. The number of aromatic nitrogens is 1. The van der Waals surface area contributed by atoms with E-state index in [0.717, 1.165) is 49.7 Å². The topological polar surface area (TPSA) is 47.7 Å². The molecule has 0 N–H and O–H groups in total. The molecule has 0 bridgehead atoms. The fourth-order valence-corrected chi connectivity index (χ4v) is 4.11. The number of aryl methyl sites for hydroxylation is 1. The fourth-order valence-electron chi connectivity index (χ4n) is 4.11. The Balaban J connectivity index is 1.20. The minimum atomic E-state index is 0.233. The highest BCUT2D eigenvalue weighted by molar-refractivity contribution is 5.08. The predicted molar refractivity (Wildman–Crippen MR) is 98.6 cm³/mol. The van der Waals surface area contributed by atoms with Gasteiger partial charge in [0.25, 0.3) is 0 Å². The Morgan fingerprint density at radius 1 is 1.19 bits per heavy atom. The molecule has 0 saturated carbocycles. The van der Waals surface area contributed by atoms with Crippen molar-refractivity contribution in [2.24, 2.45) is 5.41 Å². The van der Waals surface area contributed by atoms with Crippen molar-refractivity contribution >= 4 is 0 Å². The highest BCUT2D eigenvalue weighted by Gasteiger charge is 2.42. The zero-order chi connectivity index (χ0) is 17.8. The van der Waals surface area contributed by atoms with Crippen LogP contribution in [-0.4, -0.2) is 42.3 Å². The van der Waals surface area contributed by atoms with E-state index in [2.05, 4.69) is 16.0 Å². The van der Waals surface area contributed by atoms with Crippen LogP contribution in [0.1, 0.15) is 36.3 Å². The summed E-state index contributed by atoms with van der Waals surface area (Å²) in [6.07, 6.45) is 7.36. The number of rotatable bonds is 6. The summed E-state index contributed by atoms with van der Waals surface area (Å²) in [5.41, 5.74) is 1.51. The zero-order valence-corrected chi connectivity index (χ0v) is 15.5. The Bertz CT molecular complexity index is 692. The van der Waals surface area contributed by atoms with Crippen molar-refractivity contribution in [3.8, 4) is 0 Å². The Labute approximate surface area is 155 Å². The number of ether oxygens (including phenoxy) is 2. The molecule has 0 unspecified atom stereocenters. The first-order valence-electron chi connectivity index (χ1n) is 9.57. The van der Waals surface area contributed by atoms with Gasteiger partial charge in [-0.05, 0) is 74.5 Å². The number of hydrogen-bond acceptors (Lipinski definition) is 5. The second-order valence-electron chi connectivity index (χ2n) is 7.80. The van der Waals surface area contributed by atoms with Crippen LogP contribution in [0.25, 0.3) is 0 Å². The summed E-state index contributed by atoms with van der Waals surface area (Å²) in [6, 6.07) is 8.12. The second kappa shape index (κ2) is 7.91. The molecule has 2 saturated heterocycles. The first-order chi connectivity index (χ1) is 12.7. The lowest BCUT2D eigenvalue weighted by molar-refractivity contribution is 0.00622. The van der Waals surface area contributed by atoms with Crippen molar-refractivity contribution in [3.63, 3.8) is 0 Å². The average molecular weight is 356 g/mol. The molecule has 1 atom stereocenters. The third-order valence-corrected chi connectivity index (χ3v) is 5.70. The summed E-state index contributed by atoms with van der Waals surface area (Å²) >= 11 is 0. The van der Waals surface area contributed by atoms with Crippen molar-refractivity contribution in [3.05, 3.63) is 53.7 Å². The Kier molecular flexibility index (Phi) is 5.38. The molecule has 0 aliphatic carbocycles. The number of likely N-dealkylation sites (tertiary alicyclic amines) is 1. The smallest absolute Gasteiger partial charge is 0.118 e. The van der Waals surface area contributed by atoms with E-state index in [1.807, 2.05) is 25.1 Å². The third-order valence-electron chi connectivity index (χ3n) is 5.70. The SMILES string of the molecule is Cc1ccc(CN2CCC3(CC2)CO[C@H](COCc2ccncc2)C3)o1. The number of nitrogens with zero attached hydrogens (tertiary/aromatic N) is 2. The van der Waals surface area contributed by atoms with Crippen LogP contribution < -0.4 is 0 Å². The average Bonchev–Trinajstić information content (AvgIpc) is 3.25. The molecular weight excluding hydrogens is 328 g/mol. The molecule has 1 spiro atoms. The highest BCUT2D eigenvalue weighted by Crippen LogP contribution is 2.42. The monoisotopic (exact) mass is 356 g/mol. The van der Waals surface area contributed by atoms with Gasteiger partial charge in [-0.15, -0.1) is 0 Å². The molecule has 2 aliphatic rings. The summed E-state index contributed by atoms with van der Waals surface area (Å²) in [6.45, 7) is 7.35. The van der Waals surface area contributed by atoms with Gasteiger partial charge in [-0.3, -0.25) is 9.88 Å². The molecular formula is C21H28N2O3. The molecule has 4 rings (SSSR count). The quantitative estimate of drug-likeness (QED) is 0.792.